The summed E-state index contributed by atoms with van der Waals surface area (Å²) < 4.78 is 48.7. The Hall–Kier alpha value is -4.11. The molecule has 2 aromatic heterocycles. The monoisotopic (exact) mass is 555 g/mol. The maximum atomic E-state index is 14.5. The molecule has 204 valence electrons. The van der Waals surface area contributed by atoms with Crippen LogP contribution in [0.1, 0.15) is 10.6 Å². The summed E-state index contributed by atoms with van der Waals surface area (Å²) in [6.07, 6.45) is 0.983. The summed E-state index contributed by atoms with van der Waals surface area (Å²) in [5, 5.41) is 14.4. The number of sulfonamides is 1. The maximum absolute atomic E-state index is 14.5. The van der Waals surface area contributed by atoms with E-state index in [0.717, 1.165) is 25.8 Å². The van der Waals surface area contributed by atoms with Gasteiger partial charge in [-0.25, -0.2) is 22.9 Å². The van der Waals surface area contributed by atoms with E-state index in [2.05, 4.69) is 30.8 Å². The summed E-state index contributed by atoms with van der Waals surface area (Å²) >= 11 is 0. The number of aromatic nitrogens is 2. The number of amides is 1. The zero-order valence-corrected chi connectivity index (χ0v) is 21.5. The normalized spacial score (nSPS) is 14.3. The Bertz CT molecular complexity index is 1610. The molecule has 0 radical (unpaired) electrons. The third kappa shape index (κ3) is 6.67. The molecule has 2 aromatic carbocycles. The van der Waals surface area contributed by atoms with E-state index in [1.54, 1.807) is 30.3 Å². The van der Waals surface area contributed by atoms with Crippen LogP contribution in [-0.4, -0.2) is 68.6 Å². The number of hydrogen-bond donors (Lipinski definition) is 4. The van der Waals surface area contributed by atoms with Crippen LogP contribution in [0.5, 0.6) is 0 Å². The highest BCUT2D eigenvalue weighted by molar-refractivity contribution is 7.89. The molecule has 0 saturated carbocycles. The lowest BCUT2D eigenvalue weighted by Gasteiger charge is -2.26. The van der Waals surface area contributed by atoms with E-state index < -0.39 is 15.8 Å². The Morgan fingerprint density at radius 3 is 2.67 bits per heavy atom. The Kier molecular flexibility index (Phi) is 7.70. The SMILES string of the molecule is NS(=O)(=O)c1cccc(Nc2ncc(F)c(Nc3ccc4oc(C(=O)NCCN5CCOCC5)cc4c3)n2)c1. The van der Waals surface area contributed by atoms with Gasteiger partial charge in [0.2, 0.25) is 16.0 Å². The van der Waals surface area contributed by atoms with Gasteiger partial charge in [-0.3, -0.25) is 9.69 Å². The van der Waals surface area contributed by atoms with Crippen LogP contribution in [-0.2, 0) is 14.8 Å². The molecule has 14 heteroatoms. The number of halogens is 1. The number of nitrogens with two attached hydrogens (primary N) is 1. The van der Waals surface area contributed by atoms with Gasteiger partial charge in [-0.15, -0.1) is 0 Å². The average molecular weight is 556 g/mol. The van der Waals surface area contributed by atoms with Crippen LogP contribution in [0.4, 0.5) is 27.5 Å². The zero-order valence-electron chi connectivity index (χ0n) is 20.7. The largest absolute Gasteiger partial charge is 0.451 e. The minimum atomic E-state index is -3.90. The standard InChI is InChI=1S/C25H26FN7O5S/c26-20-15-29-25(31-17-2-1-3-19(14-17)39(27,35)36)32-23(20)30-18-4-5-21-16(12-18)13-22(38-21)24(34)28-6-7-33-8-10-37-11-9-33/h1-5,12-15H,6-11H2,(H,28,34)(H2,27,35,36)(H2,29,30,31,32). The Balaban J connectivity index is 1.26. The molecule has 39 heavy (non-hydrogen) atoms. The first-order chi connectivity index (χ1) is 18.7. The van der Waals surface area contributed by atoms with Crippen molar-refractivity contribution in [3.05, 3.63) is 66.3 Å². The van der Waals surface area contributed by atoms with Crippen molar-refractivity contribution in [1.29, 1.82) is 0 Å². The van der Waals surface area contributed by atoms with Crippen LogP contribution >= 0.6 is 0 Å². The van der Waals surface area contributed by atoms with Gasteiger partial charge in [0.15, 0.2) is 17.4 Å². The molecule has 1 aliphatic heterocycles. The van der Waals surface area contributed by atoms with E-state index in [1.165, 1.54) is 18.2 Å². The molecule has 3 heterocycles. The molecule has 1 aliphatic rings. The smallest absolute Gasteiger partial charge is 0.287 e. The van der Waals surface area contributed by atoms with Crippen molar-refractivity contribution < 1.29 is 26.8 Å². The van der Waals surface area contributed by atoms with Gasteiger partial charge in [0, 0.05) is 42.9 Å². The molecule has 0 unspecified atom stereocenters. The van der Waals surface area contributed by atoms with Crippen molar-refractivity contribution in [1.82, 2.24) is 20.2 Å². The molecule has 0 bridgehead atoms. The number of rotatable bonds is 9. The molecule has 12 nitrogen and oxygen atoms in total. The predicted molar refractivity (Wildman–Crippen MR) is 142 cm³/mol. The van der Waals surface area contributed by atoms with E-state index in [1.807, 2.05) is 0 Å². The summed E-state index contributed by atoms with van der Waals surface area (Å²) in [6.45, 7) is 4.28. The molecule has 1 saturated heterocycles. The van der Waals surface area contributed by atoms with Crippen LogP contribution in [0, 0.1) is 5.82 Å². The molecule has 1 amide bonds. The minimum Gasteiger partial charge on any atom is -0.451 e. The fourth-order valence-electron chi connectivity index (χ4n) is 4.00. The van der Waals surface area contributed by atoms with Crippen LogP contribution < -0.4 is 21.1 Å². The number of primary sulfonamides is 1. The van der Waals surface area contributed by atoms with Crippen LogP contribution in [0.2, 0.25) is 0 Å². The first-order valence-corrected chi connectivity index (χ1v) is 13.6. The molecule has 1 fully saturated rings. The second-order valence-corrected chi connectivity index (χ2v) is 10.3. The number of furan rings is 1. The fraction of sp³-hybridized carbons (Fsp3) is 0.240. The second kappa shape index (κ2) is 11.3. The molecule has 0 atom stereocenters. The zero-order chi connectivity index (χ0) is 27.4. The number of fused-ring (bicyclic) bond motifs is 1. The average Bonchev–Trinajstić information content (AvgIpc) is 3.35. The van der Waals surface area contributed by atoms with Gasteiger partial charge in [-0.1, -0.05) is 6.07 Å². The van der Waals surface area contributed by atoms with Crippen LogP contribution in [0.3, 0.4) is 0 Å². The number of anilines is 4. The number of carbonyl (C=O) groups excluding carboxylic acids is 1. The van der Waals surface area contributed by atoms with Crippen molar-refractivity contribution in [2.75, 3.05) is 50.0 Å². The molecular formula is C25H26FN7O5S. The highest BCUT2D eigenvalue weighted by Crippen LogP contribution is 2.26. The number of nitrogens with zero attached hydrogens (tertiary/aromatic N) is 3. The topological polar surface area (TPSA) is 165 Å². The molecule has 5 N–H and O–H groups in total. The predicted octanol–water partition coefficient (Wildman–Crippen LogP) is 2.56. The van der Waals surface area contributed by atoms with E-state index in [0.29, 0.717) is 42.1 Å². The van der Waals surface area contributed by atoms with Crippen molar-refractivity contribution >= 4 is 50.0 Å². The Morgan fingerprint density at radius 1 is 1.08 bits per heavy atom. The van der Waals surface area contributed by atoms with Gasteiger partial charge in [0.05, 0.1) is 24.3 Å². The van der Waals surface area contributed by atoms with Gasteiger partial charge < -0.3 is 25.1 Å². The van der Waals surface area contributed by atoms with Gasteiger partial charge in [-0.05, 0) is 42.5 Å². The number of nitrogens with one attached hydrogen (secondary N) is 3. The lowest BCUT2D eigenvalue weighted by molar-refractivity contribution is 0.0382. The first-order valence-electron chi connectivity index (χ1n) is 12.1. The summed E-state index contributed by atoms with van der Waals surface area (Å²) in [4.78, 5) is 22.7. The molecule has 4 aromatic rings. The van der Waals surface area contributed by atoms with Crippen molar-refractivity contribution in [3.63, 3.8) is 0 Å². The Morgan fingerprint density at radius 2 is 1.87 bits per heavy atom. The number of ether oxygens (including phenoxy) is 1. The van der Waals surface area contributed by atoms with Crippen LogP contribution in [0.15, 0.2) is 64.0 Å². The maximum Gasteiger partial charge on any atom is 0.287 e. The summed E-state index contributed by atoms with van der Waals surface area (Å²) in [5.41, 5.74) is 1.36. The highest BCUT2D eigenvalue weighted by atomic mass is 32.2. The first kappa shape index (κ1) is 26.5. The van der Waals surface area contributed by atoms with Crippen LogP contribution in [0.25, 0.3) is 11.0 Å². The van der Waals surface area contributed by atoms with E-state index in [4.69, 9.17) is 14.3 Å². The number of benzene rings is 2. The van der Waals surface area contributed by atoms with E-state index in [9.17, 15) is 17.6 Å². The second-order valence-electron chi connectivity index (χ2n) is 8.79. The number of morpholine rings is 1. The van der Waals surface area contributed by atoms with Gasteiger partial charge in [-0.2, -0.15) is 4.98 Å². The lowest BCUT2D eigenvalue weighted by Crippen LogP contribution is -2.41. The summed E-state index contributed by atoms with van der Waals surface area (Å²) in [6, 6.07) is 12.4. The van der Waals surface area contributed by atoms with Crippen molar-refractivity contribution in [3.8, 4) is 0 Å². The molecule has 0 spiro atoms. The lowest BCUT2D eigenvalue weighted by atomic mass is 10.2. The number of hydrogen-bond acceptors (Lipinski definition) is 10. The summed E-state index contributed by atoms with van der Waals surface area (Å²) in [7, 11) is -3.90. The van der Waals surface area contributed by atoms with E-state index >= 15 is 0 Å². The fourth-order valence-corrected chi connectivity index (χ4v) is 4.56. The highest BCUT2D eigenvalue weighted by Gasteiger charge is 2.15. The molecule has 0 aliphatic carbocycles. The van der Waals surface area contributed by atoms with Crippen molar-refractivity contribution in [2.45, 2.75) is 4.90 Å². The van der Waals surface area contributed by atoms with Crippen molar-refractivity contribution in [2.24, 2.45) is 5.14 Å². The minimum absolute atomic E-state index is 0.0332. The van der Waals surface area contributed by atoms with E-state index in [-0.39, 0.29) is 28.3 Å². The van der Waals surface area contributed by atoms with Gasteiger partial charge in [0.25, 0.3) is 5.91 Å². The molecule has 5 rings (SSSR count). The number of carbonyl (C=O) groups is 1. The summed E-state index contributed by atoms with van der Waals surface area (Å²) in [5.74, 6) is -0.931. The third-order valence-electron chi connectivity index (χ3n) is 5.98. The van der Waals surface area contributed by atoms with Gasteiger partial charge in [0.1, 0.15) is 5.58 Å². The third-order valence-corrected chi connectivity index (χ3v) is 6.89. The Labute approximate surface area is 223 Å². The molecular weight excluding hydrogens is 529 g/mol. The quantitative estimate of drug-likeness (QED) is 0.241. The van der Waals surface area contributed by atoms with Gasteiger partial charge >= 0.3 is 0 Å².